The van der Waals surface area contributed by atoms with Gasteiger partial charge in [0.2, 0.25) is 0 Å². The number of hydrogen-bond donors (Lipinski definition) is 1. The standard InChI is InChI=1S/C11H15NO2/c1-2-3-7-10(11(13)14)12-8-5-4-6-9-12/h4-6,8-10H,2-3,7H2,1H3/p+1. The zero-order valence-corrected chi connectivity index (χ0v) is 8.39. The Kier molecular flexibility index (Phi) is 4.11. The second-order valence-corrected chi connectivity index (χ2v) is 3.32. The average Bonchev–Trinajstić information content (AvgIpc) is 2.19. The van der Waals surface area contributed by atoms with Crippen molar-refractivity contribution >= 4 is 5.97 Å². The molecule has 1 aromatic heterocycles. The lowest BCUT2D eigenvalue weighted by molar-refractivity contribution is -0.711. The Labute approximate surface area is 84.0 Å². The average molecular weight is 194 g/mol. The van der Waals surface area contributed by atoms with E-state index in [2.05, 4.69) is 6.92 Å². The topological polar surface area (TPSA) is 41.2 Å². The highest BCUT2D eigenvalue weighted by Crippen LogP contribution is 2.08. The summed E-state index contributed by atoms with van der Waals surface area (Å²) in [5.41, 5.74) is 0. The fourth-order valence-corrected chi connectivity index (χ4v) is 1.42. The lowest BCUT2D eigenvalue weighted by Gasteiger charge is -2.06. The molecule has 1 heterocycles. The third-order valence-corrected chi connectivity index (χ3v) is 2.21. The van der Waals surface area contributed by atoms with Crippen LogP contribution in [0.5, 0.6) is 0 Å². The van der Waals surface area contributed by atoms with Gasteiger partial charge in [-0.3, -0.25) is 0 Å². The first kappa shape index (κ1) is 10.7. The number of aromatic nitrogens is 1. The SMILES string of the molecule is CCCCC(C(=O)O)[n+]1ccccc1. The van der Waals surface area contributed by atoms with Crippen LogP contribution in [-0.2, 0) is 4.79 Å². The summed E-state index contributed by atoms with van der Waals surface area (Å²) in [6.07, 6.45) is 6.26. The quantitative estimate of drug-likeness (QED) is 0.726. The fraction of sp³-hybridized carbons (Fsp3) is 0.455. The maximum atomic E-state index is 11.0. The first-order chi connectivity index (χ1) is 6.75. The summed E-state index contributed by atoms with van der Waals surface area (Å²) in [6, 6.07) is 5.16. The van der Waals surface area contributed by atoms with Gasteiger partial charge in [-0.25, -0.2) is 4.79 Å². The molecule has 0 saturated carbocycles. The van der Waals surface area contributed by atoms with Crippen molar-refractivity contribution in [3.05, 3.63) is 30.6 Å². The molecular weight excluding hydrogens is 178 g/mol. The van der Waals surface area contributed by atoms with Gasteiger partial charge < -0.3 is 5.11 Å². The van der Waals surface area contributed by atoms with Gasteiger partial charge in [0.25, 0.3) is 6.04 Å². The molecule has 0 saturated heterocycles. The van der Waals surface area contributed by atoms with Crippen LogP contribution in [0.4, 0.5) is 0 Å². The highest BCUT2D eigenvalue weighted by Gasteiger charge is 2.25. The predicted molar refractivity (Wildman–Crippen MR) is 52.8 cm³/mol. The molecule has 0 fully saturated rings. The van der Waals surface area contributed by atoms with Crippen LogP contribution in [0.3, 0.4) is 0 Å². The summed E-state index contributed by atoms with van der Waals surface area (Å²) in [6.45, 7) is 2.06. The Balaban J connectivity index is 2.73. The molecule has 1 aromatic rings. The van der Waals surface area contributed by atoms with Crippen LogP contribution in [0.15, 0.2) is 30.6 Å². The minimum Gasteiger partial charge on any atom is -0.476 e. The van der Waals surface area contributed by atoms with E-state index in [4.69, 9.17) is 5.11 Å². The summed E-state index contributed by atoms with van der Waals surface area (Å²) < 4.78 is 1.75. The van der Waals surface area contributed by atoms with E-state index < -0.39 is 12.0 Å². The molecule has 76 valence electrons. The van der Waals surface area contributed by atoms with E-state index in [0.717, 1.165) is 12.8 Å². The van der Waals surface area contributed by atoms with E-state index in [1.165, 1.54) is 0 Å². The van der Waals surface area contributed by atoms with E-state index in [-0.39, 0.29) is 0 Å². The second-order valence-electron chi connectivity index (χ2n) is 3.32. The van der Waals surface area contributed by atoms with Crippen molar-refractivity contribution in [1.82, 2.24) is 0 Å². The van der Waals surface area contributed by atoms with Crippen LogP contribution in [-0.4, -0.2) is 11.1 Å². The summed E-state index contributed by atoms with van der Waals surface area (Å²) in [5.74, 6) is -0.755. The maximum absolute atomic E-state index is 11.0. The van der Waals surface area contributed by atoms with Gasteiger partial charge in [-0.05, 0) is 6.42 Å². The Bertz CT molecular complexity index is 285. The first-order valence-electron chi connectivity index (χ1n) is 4.94. The van der Waals surface area contributed by atoms with E-state index in [1.54, 1.807) is 17.0 Å². The molecule has 1 N–H and O–H groups in total. The Hall–Kier alpha value is -1.38. The monoisotopic (exact) mass is 194 g/mol. The van der Waals surface area contributed by atoms with E-state index in [0.29, 0.717) is 6.42 Å². The van der Waals surface area contributed by atoms with Crippen molar-refractivity contribution in [2.45, 2.75) is 32.2 Å². The van der Waals surface area contributed by atoms with Gasteiger partial charge in [0.1, 0.15) is 0 Å². The summed E-state index contributed by atoms with van der Waals surface area (Å²) >= 11 is 0. The van der Waals surface area contributed by atoms with Crippen LogP contribution in [0.25, 0.3) is 0 Å². The lowest BCUT2D eigenvalue weighted by atomic mass is 10.1. The van der Waals surface area contributed by atoms with Crippen molar-refractivity contribution in [3.8, 4) is 0 Å². The maximum Gasteiger partial charge on any atom is 0.373 e. The molecule has 1 unspecified atom stereocenters. The van der Waals surface area contributed by atoms with Gasteiger partial charge in [0.15, 0.2) is 12.4 Å². The zero-order valence-electron chi connectivity index (χ0n) is 8.39. The smallest absolute Gasteiger partial charge is 0.373 e. The van der Waals surface area contributed by atoms with Gasteiger partial charge in [0.05, 0.1) is 0 Å². The number of carbonyl (C=O) groups is 1. The van der Waals surface area contributed by atoms with Gasteiger partial charge in [-0.2, -0.15) is 4.57 Å². The Morgan fingerprint density at radius 3 is 2.50 bits per heavy atom. The second kappa shape index (κ2) is 5.37. The van der Waals surface area contributed by atoms with Crippen LogP contribution >= 0.6 is 0 Å². The molecule has 0 spiro atoms. The molecule has 0 aliphatic rings. The molecule has 14 heavy (non-hydrogen) atoms. The van der Waals surface area contributed by atoms with Gasteiger partial charge in [-0.1, -0.05) is 19.4 Å². The molecule has 0 aromatic carbocycles. The minimum absolute atomic E-state index is 0.420. The molecule has 0 aliphatic heterocycles. The molecule has 1 atom stereocenters. The predicted octanol–water partition coefficient (Wildman–Crippen LogP) is 1.79. The molecule has 0 aliphatic carbocycles. The highest BCUT2D eigenvalue weighted by molar-refractivity contribution is 5.69. The first-order valence-corrected chi connectivity index (χ1v) is 4.94. The van der Waals surface area contributed by atoms with Gasteiger partial charge in [-0.15, -0.1) is 0 Å². The summed E-state index contributed by atoms with van der Waals surface area (Å²) in [5, 5.41) is 9.03. The minimum atomic E-state index is -0.755. The number of aliphatic carboxylic acids is 1. The molecule has 3 nitrogen and oxygen atoms in total. The van der Waals surface area contributed by atoms with Gasteiger partial charge in [0, 0.05) is 18.6 Å². The molecule has 3 heteroatoms. The van der Waals surface area contributed by atoms with Crippen molar-refractivity contribution in [2.75, 3.05) is 0 Å². The third kappa shape index (κ3) is 2.83. The normalized spacial score (nSPS) is 12.4. The van der Waals surface area contributed by atoms with E-state index in [9.17, 15) is 4.79 Å². The molecule has 0 amide bonds. The highest BCUT2D eigenvalue weighted by atomic mass is 16.4. The fourth-order valence-electron chi connectivity index (χ4n) is 1.42. The number of carboxylic acid groups (broad SMARTS) is 1. The zero-order chi connectivity index (χ0) is 10.4. The number of pyridine rings is 1. The lowest BCUT2D eigenvalue weighted by Crippen LogP contribution is -2.43. The molecule has 0 bridgehead atoms. The number of nitrogens with zero attached hydrogens (tertiary/aromatic N) is 1. The van der Waals surface area contributed by atoms with Crippen molar-refractivity contribution < 1.29 is 14.5 Å². The van der Waals surface area contributed by atoms with Crippen LogP contribution < -0.4 is 4.57 Å². The third-order valence-electron chi connectivity index (χ3n) is 2.21. The van der Waals surface area contributed by atoms with E-state index >= 15 is 0 Å². The van der Waals surface area contributed by atoms with Crippen LogP contribution in [0, 0.1) is 0 Å². The van der Waals surface area contributed by atoms with Crippen molar-refractivity contribution in [3.63, 3.8) is 0 Å². The Morgan fingerprint density at radius 1 is 1.36 bits per heavy atom. The molecule has 1 rings (SSSR count). The summed E-state index contributed by atoms with van der Waals surface area (Å²) in [4.78, 5) is 11.0. The largest absolute Gasteiger partial charge is 0.476 e. The summed E-state index contributed by atoms with van der Waals surface area (Å²) in [7, 11) is 0. The number of rotatable bonds is 5. The van der Waals surface area contributed by atoms with E-state index in [1.807, 2.05) is 18.2 Å². The Morgan fingerprint density at radius 2 is 2.00 bits per heavy atom. The number of hydrogen-bond acceptors (Lipinski definition) is 1. The van der Waals surface area contributed by atoms with Crippen molar-refractivity contribution in [1.29, 1.82) is 0 Å². The van der Waals surface area contributed by atoms with Crippen LogP contribution in [0.2, 0.25) is 0 Å². The molecular formula is C11H16NO2+. The van der Waals surface area contributed by atoms with Crippen molar-refractivity contribution in [2.24, 2.45) is 0 Å². The molecule has 0 radical (unpaired) electrons. The van der Waals surface area contributed by atoms with Crippen LogP contribution in [0.1, 0.15) is 32.2 Å². The van der Waals surface area contributed by atoms with Gasteiger partial charge >= 0.3 is 5.97 Å². The number of carboxylic acids is 1. The number of unbranched alkanes of at least 4 members (excludes halogenated alkanes) is 1.